The molecule has 6 heteroatoms. The van der Waals surface area contributed by atoms with Crippen molar-refractivity contribution in [3.8, 4) is 0 Å². The summed E-state index contributed by atoms with van der Waals surface area (Å²) in [5, 5.41) is 0. The first-order chi connectivity index (χ1) is 11.4. The lowest BCUT2D eigenvalue weighted by Crippen LogP contribution is -2.43. The molecule has 0 spiro atoms. The third-order valence-corrected chi connectivity index (χ3v) is 5.28. The van der Waals surface area contributed by atoms with E-state index in [1.165, 1.54) is 12.1 Å². The van der Waals surface area contributed by atoms with E-state index >= 15 is 0 Å². The average Bonchev–Trinajstić information content (AvgIpc) is 2.54. The van der Waals surface area contributed by atoms with Gasteiger partial charge in [-0.05, 0) is 43.2 Å². The minimum Gasteiger partial charge on any atom is -0.342 e. The van der Waals surface area contributed by atoms with E-state index in [0.29, 0.717) is 31.5 Å². The number of benzene rings is 1. The lowest BCUT2D eigenvalue weighted by molar-refractivity contribution is -0.140. The van der Waals surface area contributed by atoms with Crippen molar-refractivity contribution in [3.05, 3.63) is 35.4 Å². The van der Waals surface area contributed by atoms with Crippen LogP contribution in [0.1, 0.15) is 50.0 Å². The summed E-state index contributed by atoms with van der Waals surface area (Å²) < 4.78 is 53.3. The Balaban J connectivity index is 1.56. The van der Waals surface area contributed by atoms with Gasteiger partial charge in [-0.25, -0.2) is 17.6 Å². The molecule has 0 atom stereocenters. The molecule has 2 fully saturated rings. The first-order valence-corrected chi connectivity index (χ1v) is 8.47. The molecule has 0 radical (unpaired) electrons. The molecule has 1 aromatic rings. The Morgan fingerprint density at radius 1 is 1.04 bits per heavy atom. The highest BCUT2D eigenvalue weighted by Gasteiger charge is 2.39. The second-order valence-corrected chi connectivity index (χ2v) is 6.90. The molecule has 1 amide bonds. The van der Waals surface area contributed by atoms with Crippen LogP contribution in [0.3, 0.4) is 0 Å². The predicted octanol–water partition coefficient (Wildman–Crippen LogP) is 4.50. The number of hydrogen-bond donors (Lipinski definition) is 0. The van der Waals surface area contributed by atoms with Gasteiger partial charge in [0.2, 0.25) is 11.8 Å². The van der Waals surface area contributed by atoms with Gasteiger partial charge in [0.1, 0.15) is 11.6 Å². The van der Waals surface area contributed by atoms with Crippen LogP contribution < -0.4 is 0 Å². The fraction of sp³-hybridized carbons (Fsp3) is 0.611. The number of carbonyl (C=O) groups excluding carboxylic acids is 1. The van der Waals surface area contributed by atoms with Crippen molar-refractivity contribution in [2.24, 2.45) is 5.92 Å². The molecule has 1 saturated carbocycles. The Hall–Kier alpha value is -1.59. The van der Waals surface area contributed by atoms with Gasteiger partial charge in [-0.2, -0.15) is 0 Å². The summed E-state index contributed by atoms with van der Waals surface area (Å²) in [6, 6.07) is 3.60. The van der Waals surface area contributed by atoms with Crippen LogP contribution in [0.15, 0.2) is 18.2 Å². The second kappa shape index (κ2) is 6.73. The molecule has 0 bridgehead atoms. The normalized spacial score (nSPS) is 22.6. The van der Waals surface area contributed by atoms with Crippen molar-refractivity contribution in [1.82, 2.24) is 4.90 Å². The zero-order chi connectivity index (χ0) is 17.3. The molecule has 0 unspecified atom stereocenters. The van der Waals surface area contributed by atoms with E-state index in [1.807, 2.05) is 0 Å². The Kier molecular flexibility index (Phi) is 4.83. The number of carbonyl (C=O) groups is 1. The monoisotopic (exact) mass is 343 g/mol. The van der Waals surface area contributed by atoms with Gasteiger partial charge in [0.15, 0.2) is 0 Å². The SMILES string of the molecule is O=C(C1CCC(F)(F)CC1)N1CCC(c2ccc(F)cc2F)CC1. The summed E-state index contributed by atoms with van der Waals surface area (Å²) in [5.41, 5.74) is 0.487. The predicted molar refractivity (Wildman–Crippen MR) is 81.8 cm³/mol. The standard InChI is InChI=1S/C18H21F4NO/c19-14-1-2-15(16(20)11-14)12-5-9-23(10-6-12)17(24)13-3-7-18(21,22)8-4-13/h1-2,11-13H,3-10H2. The molecular weight excluding hydrogens is 322 g/mol. The number of likely N-dealkylation sites (tertiary alicyclic amines) is 1. The Morgan fingerprint density at radius 3 is 2.25 bits per heavy atom. The first kappa shape index (κ1) is 17.2. The van der Waals surface area contributed by atoms with Crippen molar-refractivity contribution >= 4 is 5.91 Å². The fourth-order valence-electron chi connectivity index (χ4n) is 3.79. The van der Waals surface area contributed by atoms with Crippen LogP contribution in [-0.4, -0.2) is 29.8 Å². The quantitative estimate of drug-likeness (QED) is 0.724. The summed E-state index contributed by atoms with van der Waals surface area (Å²) >= 11 is 0. The van der Waals surface area contributed by atoms with Crippen LogP contribution in [0.2, 0.25) is 0 Å². The van der Waals surface area contributed by atoms with Crippen LogP contribution >= 0.6 is 0 Å². The lowest BCUT2D eigenvalue weighted by atomic mass is 9.84. The number of piperidine rings is 1. The number of hydrogen-bond acceptors (Lipinski definition) is 1. The molecule has 1 aromatic carbocycles. The van der Waals surface area contributed by atoms with Gasteiger partial charge in [0.25, 0.3) is 0 Å². The number of halogens is 4. The third-order valence-electron chi connectivity index (χ3n) is 5.28. The molecule has 1 aliphatic carbocycles. The lowest BCUT2D eigenvalue weighted by Gasteiger charge is -2.36. The summed E-state index contributed by atoms with van der Waals surface area (Å²) in [6.07, 6.45) is 1.24. The van der Waals surface area contributed by atoms with Crippen molar-refractivity contribution in [2.75, 3.05) is 13.1 Å². The number of amides is 1. The highest BCUT2D eigenvalue weighted by Crippen LogP contribution is 2.38. The molecule has 24 heavy (non-hydrogen) atoms. The van der Waals surface area contributed by atoms with E-state index in [4.69, 9.17) is 0 Å². The Bertz CT molecular complexity index is 601. The first-order valence-electron chi connectivity index (χ1n) is 8.47. The van der Waals surface area contributed by atoms with Gasteiger partial charge in [-0.3, -0.25) is 4.79 Å². The maximum Gasteiger partial charge on any atom is 0.248 e. The zero-order valence-electron chi connectivity index (χ0n) is 13.4. The van der Waals surface area contributed by atoms with E-state index in [2.05, 4.69) is 0 Å². The Labute approximate surface area is 138 Å². The number of rotatable bonds is 2. The molecule has 1 aliphatic heterocycles. The van der Waals surface area contributed by atoms with E-state index in [9.17, 15) is 22.4 Å². The van der Waals surface area contributed by atoms with Gasteiger partial charge in [-0.1, -0.05) is 6.07 Å². The average molecular weight is 343 g/mol. The molecule has 0 aromatic heterocycles. The molecule has 1 saturated heterocycles. The fourth-order valence-corrected chi connectivity index (χ4v) is 3.79. The summed E-state index contributed by atoms with van der Waals surface area (Å²) in [6.45, 7) is 0.987. The van der Waals surface area contributed by atoms with Gasteiger partial charge < -0.3 is 4.90 Å². The smallest absolute Gasteiger partial charge is 0.248 e. The van der Waals surface area contributed by atoms with Crippen LogP contribution in [-0.2, 0) is 4.79 Å². The van der Waals surface area contributed by atoms with E-state index in [1.54, 1.807) is 4.90 Å². The van der Waals surface area contributed by atoms with E-state index < -0.39 is 17.6 Å². The van der Waals surface area contributed by atoms with E-state index in [-0.39, 0.29) is 43.4 Å². The molecule has 2 nitrogen and oxygen atoms in total. The highest BCUT2D eigenvalue weighted by molar-refractivity contribution is 5.79. The van der Waals surface area contributed by atoms with Gasteiger partial charge >= 0.3 is 0 Å². The molecular formula is C18H21F4NO. The molecule has 132 valence electrons. The van der Waals surface area contributed by atoms with Crippen molar-refractivity contribution < 1.29 is 22.4 Å². The minimum absolute atomic E-state index is 0.0367. The topological polar surface area (TPSA) is 20.3 Å². The molecule has 2 aliphatic rings. The van der Waals surface area contributed by atoms with Crippen LogP contribution in [0.4, 0.5) is 17.6 Å². The minimum atomic E-state index is -2.64. The molecule has 1 heterocycles. The van der Waals surface area contributed by atoms with Crippen molar-refractivity contribution in [1.29, 1.82) is 0 Å². The van der Waals surface area contributed by atoms with Crippen LogP contribution in [0.25, 0.3) is 0 Å². The summed E-state index contributed by atoms with van der Waals surface area (Å²) in [7, 11) is 0. The Morgan fingerprint density at radius 2 is 1.67 bits per heavy atom. The van der Waals surface area contributed by atoms with Crippen LogP contribution in [0, 0.1) is 17.6 Å². The van der Waals surface area contributed by atoms with Gasteiger partial charge in [0, 0.05) is 37.9 Å². The molecule has 0 N–H and O–H groups in total. The highest BCUT2D eigenvalue weighted by atomic mass is 19.3. The van der Waals surface area contributed by atoms with Crippen molar-refractivity contribution in [3.63, 3.8) is 0 Å². The maximum atomic E-state index is 13.9. The van der Waals surface area contributed by atoms with Gasteiger partial charge in [-0.15, -0.1) is 0 Å². The maximum absolute atomic E-state index is 13.9. The van der Waals surface area contributed by atoms with Gasteiger partial charge in [0.05, 0.1) is 0 Å². The third kappa shape index (κ3) is 3.73. The summed E-state index contributed by atoms with van der Waals surface area (Å²) in [5.74, 6) is -4.19. The zero-order valence-corrected chi connectivity index (χ0v) is 13.4. The van der Waals surface area contributed by atoms with Crippen LogP contribution in [0.5, 0.6) is 0 Å². The number of alkyl halides is 2. The second-order valence-electron chi connectivity index (χ2n) is 6.90. The number of nitrogens with zero attached hydrogens (tertiary/aromatic N) is 1. The summed E-state index contributed by atoms with van der Waals surface area (Å²) in [4.78, 5) is 14.2. The van der Waals surface area contributed by atoms with E-state index in [0.717, 1.165) is 6.07 Å². The van der Waals surface area contributed by atoms with Crippen molar-refractivity contribution in [2.45, 2.75) is 50.4 Å². The molecule has 3 rings (SSSR count). The largest absolute Gasteiger partial charge is 0.342 e.